The molecule has 0 fully saturated rings. The summed E-state index contributed by atoms with van der Waals surface area (Å²) < 4.78 is 13.3. The van der Waals surface area contributed by atoms with Gasteiger partial charge in [-0.2, -0.15) is 0 Å². The number of carboxylic acids is 2. The average molecular weight is 244 g/mol. The summed E-state index contributed by atoms with van der Waals surface area (Å²) in [4.78, 5) is 21.0. The summed E-state index contributed by atoms with van der Waals surface area (Å²) in [7, 11) is 0. The number of hydrogen-bond acceptors (Lipinski definition) is 4. The largest absolute Gasteiger partial charge is 0.479 e. The second kappa shape index (κ2) is 4.89. The molecule has 1 aromatic carbocycles. The molecular weight excluding hydrogens is 235 g/mol. The van der Waals surface area contributed by atoms with E-state index in [9.17, 15) is 19.1 Å². The standard InChI is InChI=1S/C10H9FO6/c11-6-2-1-4(9(14)15)3-5(6)7(12)8(13)10(16)17/h1-3,7-8,12-13H,(H,14,15)(H,16,17). The lowest BCUT2D eigenvalue weighted by Crippen LogP contribution is -2.28. The molecule has 0 aliphatic rings. The van der Waals surface area contributed by atoms with Crippen molar-refractivity contribution in [1.82, 2.24) is 0 Å². The van der Waals surface area contributed by atoms with Crippen molar-refractivity contribution in [2.24, 2.45) is 0 Å². The molecule has 0 radical (unpaired) electrons. The smallest absolute Gasteiger partial charge is 0.335 e. The lowest BCUT2D eigenvalue weighted by atomic mass is 10.0. The SMILES string of the molecule is O=C(O)c1ccc(F)c(C(O)C(O)C(=O)O)c1. The number of aliphatic carboxylic acids is 1. The maximum Gasteiger partial charge on any atom is 0.335 e. The zero-order valence-electron chi connectivity index (χ0n) is 8.37. The molecule has 1 rings (SSSR count). The predicted molar refractivity (Wildman–Crippen MR) is 52.0 cm³/mol. The van der Waals surface area contributed by atoms with Crippen molar-refractivity contribution in [3.63, 3.8) is 0 Å². The number of rotatable bonds is 4. The Kier molecular flexibility index (Phi) is 3.77. The Bertz CT molecular complexity index is 458. The molecule has 7 heteroatoms. The van der Waals surface area contributed by atoms with Crippen LogP contribution in [0.25, 0.3) is 0 Å². The van der Waals surface area contributed by atoms with E-state index in [0.717, 1.165) is 18.2 Å². The van der Waals surface area contributed by atoms with Gasteiger partial charge in [-0.1, -0.05) is 0 Å². The topological polar surface area (TPSA) is 115 Å². The van der Waals surface area contributed by atoms with Gasteiger partial charge >= 0.3 is 11.9 Å². The van der Waals surface area contributed by atoms with Gasteiger partial charge in [-0.05, 0) is 18.2 Å². The zero-order chi connectivity index (χ0) is 13.2. The van der Waals surface area contributed by atoms with Crippen LogP contribution in [-0.2, 0) is 4.79 Å². The van der Waals surface area contributed by atoms with Crippen LogP contribution in [0, 0.1) is 5.82 Å². The highest BCUT2D eigenvalue weighted by Gasteiger charge is 2.28. The summed E-state index contributed by atoms with van der Waals surface area (Å²) >= 11 is 0. The second-order valence-corrected chi connectivity index (χ2v) is 3.27. The number of hydrogen-bond donors (Lipinski definition) is 4. The minimum atomic E-state index is -2.23. The number of carboxylic acid groups (broad SMARTS) is 2. The Morgan fingerprint density at radius 2 is 1.76 bits per heavy atom. The fraction of sp³-hybridized carbons (Fsp3) is 0.200. The normalized spacial score (nSPS) is 14.1. The molecule has 0 amide bonds. The monoisotopic (exact) mass is 244 g/mol. The van der Waals surface area contributed by atoms with Gasteiger partial charge in [-0.25, -0.2) is 14.0 Å². The van der Waals surface area contributed by atoms with Crippen molar-refractivity contribution in [3.05, 3.63) is 35.1 Å². The Balaban J connectivity index is 3.16. The summed E-state index contributed by atoms with van der Waals surface area (Å²) in [5, 5.41) is 35.5. The fourth-order valence-electron chi connectivity index (χ4n) is 1.21. The Morgan fingerprint density at radius 1 is 1.18 bits per heavy atom. The maximum absolute atomic E-state index is 13.3. The van der Waals surface area contributed by atoms with Crippen LogP contribution in [-0.4, -0.2) is 38.5 Å². The second-order valence-electron chi connectivity index (χ2n) is 3.27. The molecule has 0 aromatic heterocycles. The summed E-state index contributed by atoms with van der Waals surface area (Å²) in [6.07, 6.45) is -4.26. The average Bonchev–Trinajstić information content (AvgIpc) is 2.27. The quantitative estimate of drug-likeness (QED) is 0.592. The van der Waals surface area contributed by atoms with E-state index in [4.69, 9.17) is 15.3 Å². The van der Waals surface area contributed by atoms with E-state index >= 15 is 0 Å². The van der Waals surface area contributed by atoms with Gasteiger partial charge in [0.15, 0.2) is 6.10 Å². The molecule has 0 saturated heterocycles. The van der Waals surface area contributed by atoms with E-state index in [-0.39, 0.29) is 5.56 Å². The van der Waals surface area contributed by atoms with Crippen molar-refractivity contribution in [2.75, 3.05) is 0 Å². The first kappa shape index (κ1) is 13.1. The van der Waals surface area contributed by atoms with Crippen LogP contribution in [0.1, 0.15) is 22.0 Å². The number of aromatic carboxylic acids is 1. The third-order valence-corrected chi connectivity index (χ3v) is 2.11. The van der Waals surface area contributed by atoms with Gasteiger partial charge in [0.05, 0.1) is 5.56 Å². The summed E-state index contributed by atoms with van der Waals surface area (Å²) in [6, 6.07) is 2.51. The lowest BCUT2D eigenvalue weighted by Gasteiger charge is -2.15. The van der Waals surface area contributed by atoms with E-state index in [1.807, 2.05) is 0 Å². The summed E-state index contributed by atoms with van der Waals surface area (Å²) in [6.45, 7) is 0. The van der Waals surface area contributed by atoms with Gasteiger partial charge in [-0.15, -0.1) is 0 Å². The molecule has 0 spiro atoms. The van der Waals surface area contributed by atoms with Crippen molar-refractivity contribution in [2.45, 2.75) is 12.2 Å². The molecule has 0 aliphatic heterocycles. The minimum Gasteiger partial charge on any atom is -0.479 e. The van der Waals surface area contributed by atoms with Crippen LogP contribution in [0.5, 0.6) is 0 Å². The van der Waals surface area contributed by atoms with E-state index in [1.165, 1.54) is 0 Å². The Hall–Kier alpha value is -1.99. The van der Waals surface area contributed by atoms with Crippen LogP contribution in [0.15, 0.2) is 18.2 Å². The number of halogens is 1. The zero-order valence-corrected chi connectivity index (χ0v) is 8.37. The molecule has 4 N–H and O–H groups in total. The van der Waals surface area contributed by atoms with Gasteiger partial charge in [-0.3, -0.25) is 0 Å². The van der Waals surface area contributed by atoms with Crippen molar-refractivity contribution < 1.29 is 34.4 Å². The van der Waals surface area contributed by atoms with Crippen molar-refractivity contribution >= 4 is 11.9 Å². The number of aliphatic hydroxyl groups is 2. The molecule has 0 bridgehead atoms. The van der Waals surface area contributed by atoms with Crippen LogP contribution in [0.3, 0.4) is 0 Å². The molecule has 6 nitrogen and oxygen atoms in total. The number of benzene rings is 1. The summed E-state index contributed by atoms with van der Waals surface area (Å²) in [5.74, 6) is -4.09. The Morgan fingerprint density at radius 3 is 2.24 bits per heavy atom. The molecule has 2 atom stereocenters. The van der Waals surface area contributed by atoms with Crippen LogP contribution in [0.2, 0.25) is 0 Å². The third-order valence-electron chi connectivity index (χ3n) is 2.11. The highest BCUT2D eigenvalue weighted by atomic mass is 19.1. The van der Waals surface area contributed by atoms with Crippen molar-refractivity contribution in [3.8, 4) is 0 Å². The molecule has 1 aromatic rings. The molecule has 0 saturated carbocycles. The highest BCUT2D eigenvalue weighted by Crippen LogP contribution is 2.22. The van der Waals surface area contributed by atoms with Gasteiger partial charge in [0.1, 0.15) is 11.9 Å². The Labute approximate surface area is 94.6 Å². The predicted octanol–water partition coefficient (Wildman–Crippen LogP) is 0.00280. The van der Waals surface area contributed by atoms with E-state index < -0.39 is 35.5 Å². The lowest BCUT2D eigenvalue weighted by molar-refractivity contribution is -0.153. The third kappa shape index (κ3) is 2.77. The van der Waals surface area contributed by atoms with Crippen LogP contribution < -0.4 is 0 Å². The number of aliphatic hydroxyl groups excluding tert-OH is 2. The molecule has 0 aliphatic carbocycles. The molecule has 17 heavy (non-hydrogen) atoms. The van der Waals surface area contributed by atoms with Crippen LogP contribution >= 0.6 is 0 Å². The molecule has 92 valence electrons. The van der Waals surface area contributed by atoms with Gasteiger partial charge in [0.2, 0.25) is 0 Å². The molecular formula is C10H9FO6. The van der Waals surface area contributed by atoms with Gasteiger partial charge < -0.3 is 20.4 Å². The van der Waals surface area contributed by atoms with E-state index in [1.54, 1.807) is 0 Å². The maximum atomic E-state index is 13.3. The molecule has 0 heterocycles. The van der Waals surface area contributed by atoms with Gasteiger partial charge in [0.25, 0.3) is 0 Å². The van der Waals surface area contributed by atoms with Crippen molar-refractivity contribution in [1.29, 1.82) is 0 Å². The van der Waals surface area contributed by atoms with E-state index in [2.05, 4.69) is 0 Å². The minimum absolute atomic E-state index is 0.321. The van der Waals surface area contributed by atoms with Gasteiger partial charge in [0, 0.05) is 5.56 Å². The first-order valence-corrected chi connectivity index (χ1v) is 4.46. The summed E-state index contributed by atoms with van der Waals surface area (Å²) in [5.41, 5.74) is -0.905. The highest BCUT2D eigenvalue weighted by molar-refractivity contribution is 5.87. The van der Waals surface area contributed by atoms with Crippen LogP contribution in [0.4, 0.5) is 4.39 Å². The first-order chi connectivity index (χ1) is 7.84. The molecule has 2 unspecified atom stereocenters. The number of carbonyl (C=O) groups is 2. The van der Waals surface area contributed by atoms with E-state index in [0.29, 0.717) is 0 Å². The first-order valence-electron chi connectivity index (χ1n) is 4.46. The fourth-order valence-corrected chi connectivity index (χ4v) is 1.21.